The van der Waals surface area contributed by atoms with E-state index in [9.17, 15) is 37.5 Å². The minimum Gasteiger partial charge on any atom is -0.495 e. The first-order valence-electron chi connectivity index (χ1n) is 33.2. The van der Waals surface area contributed by atoms with Crippen molar-refractivity contribution in [3.05, 3.63) is 219 Å². The Bertz CT molecular complexity index is 4350. The van der Waals surface area contributed by atoms with Gasteiger partial charge in [-0.3, -0.25) is 28.8 Å². The highest BCUT2D eigenvalue weighted by Crippen LogP contribution is 2.38. The van der Waals surface area contributed by atoms with Crippen molar-refractivity contribution in [3.63, 3.8) is 0 Å². The van der Waals surface area contributed by atoms with Gasteiger partial charge in [-0.15, -0.1) is 0 Å². The Morgan fingerprint density at radius 1 is 0.433 bits per heavy atom. The molecule has 0 unspecified atom stereocenters. The van der Waals surface area contributed by atoms with Gasteiger partial charge in [0.25, 0.3) is 0 Å². The highest BCUT2D eigenvalue weighted by molar-refractivity contribution is 6.36. The van der Waals surface area contributed by atoms with Gasteiger partial charge in [0.05, 0.1) is 89.2 Å². The van der Waals surface area contributed by atoms with Crippen molar-refractivity contribution in [2.45, 2.75) is 176 Å². The van der Waals surface area contributed by atoms with E-state index in [0.29, 0.717) is 47.7 Å². The molecule has 0 aliphatic rings. The molecule has 0 fully saturated rings. The van der Waals surface area contributed by atoms with Crippen LogP contribution < -0.4 is 25.7 Å². The Morgan fingerprint density at radius 2 is 0.740 bits per heavy atom. The van der Waals surface area contributed by atoms with E-state index in [1.165, 1.54) is 118 Å². The quantitative estimate of drug-likeness (QED) is 0.0198. The number of ketones is 3. The van der Waals surface area contributed by atoms with E-state index >= 15 is 8.78 Å². The average molecular weight is 1520 g/mol. The van der Waals surface area contributed by atoms with Crippen molar-refractivity contribution in [2.75, 3.05) is 27.1 Å². The van der Waals surface area contributed by atoms with Crippen LogP contribution in [-0.2, 0) is 28.6 Å². The number of carbonyl (C=O) groups excluding carboxylic acids is 6. The Kier molecular flexibility index (Phi) is 32.9. The summed E-state index contributed by atoms with van der Waals surface area (Å²) in [5.41, 5.74) is 11.7. The van der Waals surface area contributed by atoms with Crippen LogP contribution in [0.1, 0.15) is 240 Å². The molecule has 0 amide bonds. The second kappa shape index (κ2) is 39.2. The molecule has 7 aromatic rings. The summed E-state index contributed by atoms with van der Waals surface area (Å²) < 4.78 is 90.9. The van der Waals surface area contributed by atoms with Gasteiger partial charge in [-0.25, -0.2) is 17.6 Å². The second-order valence-electron chi connectivity index (χ2n) is 26.8. The van der Waals surface area contributed by atoms with Crippen LogP contribution in [0.4, 0.5) is 23.2 Å². The molecule has 4 atom stereocenters. The number of methoxy groups -OCH3 is 3. The lowest BCUT2D eigenvalue weighted by atomic mass is 9.89. The van der Waals surface area contributed by atoms with E-state index < -0.39 is 81.4 Å². The highest BCUT2D eigenvalue weighted by Gasteiger charge is 2.31. The van der Waals surface area contributed by atoms with E-state index in [2.05, 4.69) is 0 Å². The molecule has 0 saturated heterocycles. The Balaban J connectivity index is 0.000000298. The van der Waals surface area contributed by atoms with Gasteiger partial charge in [0.2, 0.25) is 0 Å². The fraction of sp³-hybridized carbons (Fsp3) is 0.375. The Labute approximate surface area is 626 Å². The van der Waals surface area contributed by atoms with Crippen LogP contribution >= 0.6 is 46.4 Å². The van der Waals surface area contributed by atoms with Crippen LogP contribution in [0, 0.1) is 45.9 Å². The molecule has 0 heterocycles. The predicted octanol–water partition coefficient (Wildman–Crippen LogP) is 20.0. The summed E-state index contributed by atoms with van der Waals surface area (Å²) in [6, 6.07) is 29.8. The Hall–Kier alpha value is -9.02. The zero-order valence-electron chi connectivity index (χ0n) is 61.1. The predicted molar refractivity (Wildman–Crippen MR) is 396 cm³/mol. The lowest BCUT2D eigenvalue weighted by Crippen LogP contribution is -2.25. The fourth-order valence-corrected chi connectivity index (χ4v) is 11.5. The summed E-state index contributed by atoms with van der Waals surface area (Å²) in [5, 5.41) is 18.4. The molecule has 0 aliphatic heterocycles. The number of ether oxygens (including phenoxy) is 6. The number of nitriles is 2. The van der Waals surface area contributed by atoms with Crippen molar-refractivity contribution in [1.82, 2.24) is 0 Å². The van der Waals surface area contributed by atoms with E-state index in [0.717, 1.165) is 0 Å². The summed E-state index contributed by atoms with van der Waals surface area (Å²) in [7, 11) is 4.19. The number of halogens is 8. The summed E-state index contributed by atoms with van der Waals surface area (Å²) in [6.45, 7) is 23.5. The normalized spacial score (nSPS) is 12.3. The van der Waals surface area contributed by atoms with E-state index in [1.54, 1.807) is 53.7 Å². The highest BCUT2D eigenvalue weighted by atomic mass is 35.5. The first kappa shape index (κ1) is 87.4. The molecule has 24 heteroatoms. The standard InChI is InChI=1S/C24H25ClFNO4.C23H27ClFNO4.C18H16ClFN2O2.C15H20ClFO2/c1-6-14(12-20(28)31-24(2,3)4)17-9-10-18(25)21(22(17)26)23(29)15-7-8-16(13-27)19(11-15)30-5;1-6-13(12-19(27)30-23(2,3)4)15-8-9-16(24)20(21(15)25)22(28)14-7-10-17(26)18(11-14)29-5;1-3-14(22)12-6-7-13(19)16(17(12)20)18(23)10-4-5-11(9-21)15(8-10)24-2;1-5-10(8-14(18)19-15(2,3)4)12-7-6-11(16)9-13(12)17/h7-11,14H,6,12H2,1-5H3;7-11,13H,6,12,26H2,1-5H3;4-8,14H,3,22H2,1-2H3;6-7,9-10H,5,8H2,1-4H3/t14-;13-;14-;10-/m0010/s1. The number of carbonyl (C=O) groups is 6. The monoisotopic (exact) mass is 1510 g/mol. The maximum atomic E-state index is 15.5. The third kappa shape index (κ3) is 24.6. The third-order valence-corrected chi connectivity index (χ3v) is 17.0. The number of benzene rings is 7. The number of anilines is 1. The zero-order valence-corrected chi connectivity index (χ0v) is 64.1. The molecular weight excluding hydrogens is 1430 g/mol. The van der Waals surface area contributed by atoms with Crippen molar-refractivity contribution >= 4 is 87.3 Å². The van der Waals surface area contributed by atoms with Crippen molar-refractivity contribution in [3.8, 4) is 29.4 Å². The minimum atomic E-state index is -0.767. The molecule has 0 bridgehead atoms. The molecule has 0 radical (unpaired) electrons. The van der Waals surface area contributed by atoms with Gasteiger partial charge in [-0.1, -0.05) is 98.4 Å². The molecular formula is C80H88Cl4F4N4O12. The molecule has 7 aromatic carbocycles. The first-order chi connectivity index (χ1) is 48.7. The smallest absolute Gasteiger partial charge is 0.306 e. The molecule has 4 N–H and O–H groups in total. The van der Waals surface area contributed by atoms with Crippen molar-refractivity contribution < 1.29 is 74.8 Å². The molecule has 0 aromatic heterocycles. The number of rotatable bonds is 23. The molecule has 0 aliphatic carbocycles. The van der Waals surface area contributed by atoms with Gasteiger partial charge >= 0.3 is 17.9 Å². The van der Waals surface area contributed by atoms with Crippen molar-refractivity contribution in [2.24, 2.45) is 5.73 Å². The average Bonchev–Trinajstić information content (AvgIpc) is 0.799. The van der Waals surface area contributed by atoms with Gasteiger partial charge in [-0.05, 0) is 207 Å². The van der Waals surface area contributed by atoms with E-state index in [-0.39, 0.29) is 125 Å². The van der Waals surface area contributed by atoms with E-state index in [4.69, 9.17) is 96.8 Å². The Morgan fingerprint density at radius 3 is 1.05 bits per heavy atom. The van der Waals surface area contributed by atoms with Crippen LogP contribution in [0.15, 0.2) is 109 Å². The number of nitrogen functional groups attached to an aromatic ring is 1. The molecule has 0 saturated carbocycles. The molecule has 16 nitrogen and oxygen atoms in total. The van der Waals surface area contributed by atoms with Gasteiger partial charge < -0.3 is 39.9 Å². The topological polar surface area (TPSA) is 257 Å². The molecule has 104 heavy (non-hydrogen) atoms. The fourth-order valence-electron chi connectivity index (χ4n) is 10.6. The number of esters is 3. The maximum absolute atomic E-state index is 15.5. The van der Waals surface area contributed by atoms with Gasteiger partial charge in [0.15, 0.2) is 17.3 Å². The summed E-state index contributed by atoms with van der Waals surface area (Å²) in [6.07, 6.45) is 2.29. The first-order valence-corrected chi connectivity index (χ1v) is 34.7. The van der Waals surface area contributed by atoms with Crippen LogP contribution in [0.2, 0.25) is 20.1 Å². The van der Waals surface area contributed by atoms with Crippen LogP contribution in [0.25, 0.3) is 0 Å². The zero-order chi connectivity index (χ0) is 78.5. The van der Waals surface area contributed by atoms with Crippen LogP contribution in [-0.4, -0.2) is 73.4 Å². The lowest BCUT2D eigenvalue weighted by Gasteiger charge is -2.22. The van der Waals surface area contributed by atoms with Gasteiger partial charge in [-0.2, -0.15) is 10.5 Å². The summed E-state index contributed by atoms with van der Waals surface area (Å²) in [4.78, 5) is 75.2. The summed E-state index contributed by atoms with van der Waals surface area (Å²) >= 11 is 24.1. The van der Waals surface area contributed by atoms with Gasteiger partial charge in [0.1, 0.15) is 69.5 Å². The molecule has 7 rings (SSSR count). The van der Waals surface area contributed by atoms with Crippen molar-refractivity contribution in [1.29, 1.82) is 10.5 Å². The van der Waals surface area contributed by atoms with Gasteiger partial charge in [0, 0.05) is 33.3 Å². The van der Waals surface area contributed by atoms with Crippen LogP contribution in [0.3, 0.4) is 0 Å². The second-order valence-corrected chi connectivity index (χ2v) is 28.5. The SMILES string of the molecule is CC[C@@H](CC(=O)OC(C)(C)C)c1ccc(Cl)c(C(=O)c2ccc(C#N)c(OC)c2)c1F.CC[C@@H](CC(=O)OC(C)(C)C)c1ccc(Cl)c(C(=O)c2ccc(N)c(OC)c2)c1F.CC[C@@H](CC(=O)OC(C)(C)C)c1ccc(Cl)cc1F.CC[C@@H](N)c1ccc(Cl)c(C(=O)c2ccc(C#N)c(OC)c2)c1F. The maximum Gasteiger partial charge on any atom is 0.306 e. The third-order valence-electron chi connectivity index (χ3n) is 15.8. The minimum absolute atomic E-state index is 0.00432. The number of nitrogens with zero attached hydrogens (tertiary/aromatic N) is 2. The number of nitrogens with two attached hydrogens (primary N) is 2. The molecule has 556 valence electrons. The van der Waals surface area contributed by atoms with E-state index in [1.807, 2.05) is 60.6 Å². The number of hydrogen-bond donors (Lipinski definition) is 2. The molecule has 0 spiro atoms. The largest absolute Gasteiger partial charge is 0.495 e. The summed E-state index contributed by atoms with van der Waals surface area (Å²) in [5.74, 6) is -5.97. The number of hydrogen-bond acceptors (Lipinski definition) is 16. The lowest BCUT2D eigenvalue weighted by molar-refractivity contribution is -0.156. The van der Waals surface area contributed by atoms with Crippen LogP contribution in [0.5, 0.6) is 17.2 Å².